The van der Waals surface area contributed by atoms with Crippen LogP contribution in [0, 0.1) is 0 Å². The quantitative estimate of drug-likeness (QED) is 0.174. The highest BCUT2D eigenvalue weighted by atomic mass is 16.3. The molecule has 0 aliphatic carbocycles. The number of rotatable bonds is 5. The molecule has 0 aliphatic rings. The highest BCUT2D eigenvalue weighted by Gasteiger charge is 2.24. The molecule has 6 heteroatoms. The van der Waals surface area contributed by atoms with Crippen molar-refractivity contribution in [3.8, 4) is 51.0 Å². The van der Waals surface area contributed by atoms with E-state index in [2.05, 4.69) is 150 Å². The van der Waals surface area contributed by atoms with E-state index in [1.165, 1.54) is 16.2 Å². The summed E-state index contributed by atoms with van der Waals surface area (Å²) in [4.78, 5) is 16.0. The lowest BCUT2D eigenvalue weighted by atomic mass is 10.0. The smallest absolute Gasteiger partial charge is 0.167 e. The van der Waals surface area contributed by atoms with Crippen molar-refractivity contribution in [3.63, 3.8) is 0 Å². The zero-order valence-electron chi connectivity index (χ0n) is 32.6. The largest absolute Gasteiger partial charge is 0.456 e. The number of aromatic nitrogens is 4. The standard InChI is InChI=1S/C55H32N4O2/c1-2-13-33(14-3-1)34-25-27-35(28-26-34)53-56-54(42-21-12-20-41-39-18-7-11-24-50(39)61-52(41)42)58-55(57-53)45-32-51-44(40-19-8-10-23-49(40)60-51)31-48(45)59-46-22-9-6-17-38(46)43-29-36-15-4-5-16-37(36)30-47(43)59/h1-32H. The molecule has 0 fully saturated rings. The Morgan fingerprint density at radius 2 is 0.918 bits per heavy atom. The summed E-state index contributed by atoms with van der Waals surface area (Å²) >= 11 is 0. The highest BCUT2D eigenvalue weighted by molar-refractivity contribution is 6.15. The van der Waals surface area contributed by atoms with Crippen molar-refractivity contribution in [2.24, 2.45) is 0 Å². The summed E-state index contributed by atoms with van der Waals surface area (Å²) in [5.74, 6) is 1.58. The van der Waals surface area contributed by atoms with E-state index >= 15 is 0 Å². The monoisotopic (exact) mass is 780 g/mol. The van der Waals surface area contributed by atoms with E-state index in [1.807, 2.05) is 48.5 Å². The third-order valence-electron chi connectivity index (χ3n) is 12.0. The summed E-state index contributed by atoms with van der Waals surface area (Å²) in [5.41, 5.74) is 10.9. The molecule has 0 spiro atoms. The second kappa shape index (κ2) is 13.1. The van der Waals surface area contributed by atoms with E-state index in [0.717, 1.165) is 93.8 Å². The SMILES string of the molecule is c1ccc(-c2ccc(-c3nc(-c4cc5oc6ccccc6c5cc4-n4c5ccccc5c5cc6ccccc6cc54)nc(-c4cccc5c4oc4ccccc45)n3)cc2)cc1. The van der Waals surface area contributed by atoms with E-state index in [-0.39, 0.29) is 0 Å². The van der Waals surface area contributed by atoms with Gasteiger partial charge < -0.3 is 13.4 Å². The summed E-state index contributed by atoms with van der Waals surface area (Å²) in [7, 11) is 0. The number of furan rings is 2. The summed E-state index contributed by atoms with van der Waals surface area (Å²) < 4.78 is 15.5. The third-order valence-corrected chi connectivity index (χ3v) is 12.0. The molecule has 4 heterocycles. The van der Waals surface area contributed by atoms with Crippen LogP contribution < -0.4 is 0 Å². The normalized spacial score (nSPS) is 11.9. The number of nitrogens with zero attached hydrogens (tertiary/aromatic N) is 4. The van der Waals surface area contributed by atoms with E-state index in [1.54, 1.807) is 0 Å². The van der Waals surface area contributed by atoms with E-state index < -0.39 is 0 Å². The topological polar surface area (TPSA) is 69.9 Å². The van der Waals surface area contributed by atoms with Gasteiger partial charge in [0.1, 0.15) is 22.3 Å². The Bertz CT molecular complexity index is 3880. The molecule has 13 rings (SSSR count). The highest BCUT2D eigenvalue weighted by Crippen LogP contribution is 2.42. The second-order valence-corrected chi connectivity index (χ2v) is 15.6. The first-order chi connectivity index (χ1) is 30.2. The second-order valence-electron chi connectivity index (χ2n) is 15.6. The number of benzene rings is 9. The first kappa shape index (κ1) is 33.6. The van der Waals surface area contributed by atoms with Crippen LogP contribution >= 0.6 is 0 Å². The van der Waals surface area contributed by atoms with Crippen molar-refractivity contribution in [2.75, 3.05) is 0 Å². The lowest BCUT2D eigenvalue weighted by Crippen LogP contribution is -2.04. The molecule has 0 bridgehead atoms. The lowest BCUT2D eigenvalue weighted by Gasteiger charge is -2.15. The molecule has 0 amide bonds. The van der Waals surface area contributed by atoms with Crippen LogP contribution in [-0.2, 0) is 0 Å². The van der Waals surface area contributed by atoms with Crippen LogP contribution in [0.15, 0.2) is 203 Å². The van der Waals surface area contributed by atoms with Gasteiger partial charge in [-0.15, -0.1) is 0 Å². The van der Waals surface area contributed by atoms with E-state index in [0.29, 0.717) is 17.5 Å². The Balaban J connectivity index is 1.12. The molecular weight excluding hydrogens is 749 g/mol. The predicted molar refractivity (Wildman–Crippen MR) is 248 cm³/mol. The van der Waals surface area contributed by atoms with Gasteiger partial charge in [-0.1, -0.05) is 146 Å². The molecule has 0 radical (unpaired) electrons. The van der Waals surface area contributed by atoms with E-state index in [4.69, 9.17) is 23.8 Å². The van der Waals surface area contributed by atoms with Crippen molar-refractivity contribution >= 4 is 76.5 Å². The number of hydrogen-bond acceptors (Lipinski definition) is 5. The molecule has 0 saturated carbocycles. The van der Waals surface area contributed by atoms with Gasteiger partial charge in [0.25, 0.3) is 0 Å². The van der Waals surface area contributed by atoms with Crippen molar-refractivity contribution < 1.29 is 8.83 Å². The molecule has 0 N–H and O–H groups in total. The van der Waals surface area contributed by atoms with Gasteiger partial charge in [0.2, 0.25) is 0 Å². The minimum atomic E-state index is 0.515. The molecule has 284 valence electrons. The molecule has 0 aliphatic heterocycles. The molecule has 0 atom stereocenters. The van der Waals surface area contributed by atoms with Gasteiger partial charge in [-0.3, -0.25) is 0 Å². The average Bonchev–Trinajstić information content (AvgIpc) is 3.99. The summed E-state index contributed by atoms with van der Waals surface area (Å²) in [5, 5.41) is 8.80. The Kier molecular flexibility index (Phi) is 7.21. The lowest BCUT2D eigenvalue weighted by molar-refractivity contribution is 0.668. The van der Waals surface area contributed by atoms with Gasteiger partial charge >= 0.3 is 0 Å². The molecule has 4 aromatic heterocycles. The molecule has 6 nitrogen and oxygen atoms in total. The van der Waals surface area contributed by atoms with Crippen molar-refractivity contribution in [1.82, 2.24) is 19.5 Å². The van der Waals surface area contributed by atoms with Crippen LogP contribution in [0.2, 0.25) is 0 Å². The Labute approximate surface area is 348 Å². The number of fused-ring (bicyclic) bond motifs is 10. The van der Waals surface area contributed by atoms with Crippen LogP contribution in [-0.4, -0.2) is 19.5 Å². The molecule has 13 aromatic rings. The van der Waals surface area contributed by atoms with E-state index in [9.17, 15) is 0 Å². The van der Waals surface area contributed by atoms with Gasteiger partial charge in [0.15, 0.2) is 17.5 Å². The summed E-state index contributed by atoms with van der Waals surface area (Å²) in [6.45, 7) is 0. The fourth-order valence-electron chi connectivity index (χ4n) is 9.15. The maximum absolute atomic E-state index is 6.60. The minimum absolute atomic E-state index is 0.515. The first-order valence-electron chi connectivity index (χ1n) is 20.4. The zero-order chi connectivity index (χ0) is 40.0. The van der Waals surface area contributed by atoms with Crippen molar-refractivity contribution in [3.05, 3.63) is 194 Å². The molecule has 0 unspecified atom stereocenters. The van der Waals surface area contributed by atoms with Crippen LogP contribution in [0.4, 0.5) is 0 Å². The molecule has 61 heavy (non-hydrogen) atoms. The number of para-hydroxylation sites is 4. The predicted octanol–water partition coefficient (Wildman–Crippen LogP) is 14.6. The summed E-state index contributed by atoms with van der Waals surface area (Å²) in [6, 6.07) is 67.5. The van der Waals surface area contributed by atoms with Crippen LogP contribution in [0.1, 0.15) is 0 Å². The third kappa shape index (κ3) is 5.26. The van der Waals surface area contributed by atoms with Crippen molar-refractivity contribution in [1.29, 1.82) is 0 Å². The van der Waals surface area contributed by atoms with Gasteiger partial charge in [0.05, 0.1) is 22.3 Å². The molecule has 0 saturated heterocycles. The maximum Gasteiger partial charge on any atom is 0.167 e. The molecule has 9 aromatic carbocycles. The summed E-state index contributed by atoms with van der Waals surface area (Å²) in [6.07, 6.45) is 0. The average molecular weight is 781 g/mol. The fourth-order valence-corrected chi connectivity index (χ4v) is 9.15. The van der Waals surface area contributed by atoms with Crippen LogP contribution in [0.3, 0.4) is 0 Å². The van der Waals surface area contributed by atoms with Gasteiger partial charge in [-0.25, -0.2) is 15.0 Å². The first-order valence-corrected chi connectivity index (χ1v) is 20.4. The number of hydrogen-bond donors (Lipinski definition) is 0. The Hall–Kier alpha value is -8.35. The van der Waals surface area contributed by atoms with Gasteiger partial charge in [-0.2, -0.15) is 0 Å². The maximum atomic E-state index is 6.60. The zero-order valence-corrected chi connectivity index (χ0v) is 32.6. The van der Waals surface area contributed by atoms with Crippen LogP contribution in [0.5, 0.6) is 0 Å². The Morgan fingerprint density at radius 3 is 1.72 bits per heavy atom. The fraction of sp³-hybridized carbons (Fsp3) is 0. The van der Waals surface area contributed by atoms with Gasteiger partial charge in [0, 0.05) is 43.4 Å². The molecular formula is C55H32N4O2. The Morgan fingerprint density at radius 1 is 0.328 bits per heavy atom. The minimum Gasteiger partial charge on any atom is -0.456 e. The van der Waals surface area contributed by atoms with Crippen LogP contribution in [0.25, 0.3) is 127 Å². The van der Waals surface area contributed by atoms with Crippen molar-refractivity contribution in [2.45, 2.75) is 0 Å². The van der Waals surface area contributed by atoms with Gasteiger partial charge in [-0.05, 0) is 70.4 Å².